The van der Waals surface area contributed by atoms with E-state index in [1.165, 1.54) is 11.1 Å². The minimum absolute atomic E-state index is 0.506. The van der Waals surface area contributed by atoms with Gasteiger partial charge in [0.2, 0.25) is 0 Å². The standard InChI is InChI=1S/C17H27NO3/c1-12(2)15-8-7-14(11-13(15)3)21-10-6-9-17(4,18-5)16(19)20/h7-8,11-12,18H,6,9-10H2,1-5H3,(H,19,20). The first-order valence-electron chi connectivity index (χ1n) is 7.46. The van der Waals surface area contributed by atoms with Gasteiger partial charge in [-0.15, -0.1) is 0 Å². The van der Waals surface area contributed by atoms with E-state index in [0.717, 1.165) is 5.75 Å². The lowest BCUT2D eigenvalue weighted by Gasteiger charge is -2.24. The van der Waals surface area contributed by atoms with Crippen LogP contribution in [0.25, 0.3) is 0 Å². The smallest absolute Gasteiger partial charge is 0.323 e. The van der Waals surface area contributed by atoms with Crippen molar-refractivity contribution in [2.24, 2.45) is 0 Å². The fourth-order valence-electron chi connectivity index (χ4n) is 2.34. The SMILES string of the molecule is CNC(C)(CCCOc1ccc(C(C)C)c(C)c1)C(=O)O. The molecule has 1 aromatic carbocycles. The summed E-state index contributed by atoms with van der Waals surface area (Å²) in [5.41, 5.74) is 1.67. The van der Waals surface area contributed by atoms with Crippen LogP contribution in [0.4, 0.5) is 0 Å². The molecule has 0 saturated heterocycles. The van der Waals surface area contributed by atoms with E-state index in [-0.39, 0.29) is 0 Å². The van der Waals surface area contributed by atoms with Gasteiger partial charge in [-0.3, -0.25) is 4.79 Å². The topological polar surface area (TPSA) is 58.6 Å². The first-order chi connectivity index (χ1) is 9.80. The van der Waals surface area contributed by atoms with Gasteiger partial charge in [0.1, 0.15) is 11.3 Å². The van der Waals surface area contributed by atoms with Crippen LogP contribution in [0.2, 0.25) is 0 Å². The average molecular weight is 293 g/mol. The molecule has 1 aromatic rings. The second-order valence-electron chi connectivity index (χ2n) is 6.01. The van der Waals surface area contributed by atoms with Crippen molar-refractivity contribution in [3.63, 3.8) is 0 Å². The minimum Gasteiger partial charge on any atom is -0.494 e. The molecule has 0 aromatic heterocycles. The first kappa shape index (κ1) is 17.5. The number of benzene rings is 1. The number of likely N-dealkylation sites (N-methyl/N-ethyl adjacent to an activating group) is 1. The fraction of sp³-hybridized carbons (Fsp3) is 0.588. The largest absolute Gasteiger partial charge is 0.494 e. The van der Waals surface area contributed by atoms with Crippen molar-refractivity contribution in [2.45, 2.75) is 52.0 Å². The molecule has 0 bridgehead atoms. The van der Waals surface area contributed by atoms with Gasteiger partial charge in [0.15, 0.2) is 0 Å². The Bertz CT molecular complexity index is 485. The van der Waals surface area contributed by atoms with Crippen LogP contribution in [-0.4, -0.2) is 30.3 Å². The van der Waals surface area contributed by atoms with Crippen LogP contribution in [0.5, 0.6) is 5.75 Å². The van der Waals surface area contributed by atoms with E-state index in [1.807, 2.05) is 12.1 Å². The molecule has 0 amide bonds. The number of rotatable bonds is 8. The average Bonchev–Trinajstić information content (AvgIpc) is 2.42. The summed E-state index contributed by atoms with van der Waals surface area (Å²) < 4.78 is 5.72. The number of carboxylic acid groups (broad SMARTS) is 1. The third-order valence-electron chi connectivity index (χ3n) is 3.98. The summed E-state index contributed by atoms with van der Waals surface area (Å²) in [6.07, 6.45) is 1.22. The minimum atomic E-state index is -0.888. The van der Waals surface area contributed by atoms with Crippen LogP contribution < -0.4 is 10.1 Å². The number of ether oxygens (including phenoxy) is 1. The van der Waals surface area contributed by atoms with Crippen molar-refractivity contribution in [1.29, 1.82) is 0 Å². The second kappa shape index (κ2) is 7.46. The summed E-state index contributed by atoms with van der Waals surface area (Å²) in [5.74, 6) is 0.520. The van der Waals surface area contributed by atoms with Crippen molar-refractivity contribution < 1.29 is 14.6 Å². The third-order valence-corrected chi connectivity index (χ3v) is 3.98. The number of hydrogen-bond acceptors (Lipinski definition) is 3. The number of aryl methyl sites for hydroxylation is 1. The van der Waals surface area contributed by atoms with Crippen LogP contribution >= 0.6 is 0 Å². The molecule has 0 aliphatic rings. The lowest BCUT2D eigenvalue weighted by atomic mass is 9.96. The van der Waals surface area contributed by atoms with Gasteiger partial charge >= 0.3 is 5.97 Å². The summed E-state index contributed by atoms with van der Waals surface area (Å²) in [4.78, 5) is 11.2. The van der Waals surface area contributed by atoms with E-state index in [4.69, 9.17) is 9.84 Å². The summed E-state index contributed by atoms with van der Waals surface area (Å²) in [6.45, 7) is 8.65. The second-order valence-corrected chi connectivity index (χ2v) is 6.01. The van der Waals surface area contributed by atoms with Crippen molar-refractivity contribution in [2.75, 3.05) is 13.7 Å². The maximum Gasteiger partial charge on any atom is 0.323 e. The molecule has 0 spiro atoms. The molecule has 4 nitrogen and oxygen atoms in total. The molecule has 0 saturated carbocycles. The summed E-state index contributed by atoms with van der Waals surface area (Å²) in [7, 11) is 1.67. The Kier molecular flexibility index (Phi) is 6.21. The molecule has 21 heavy (non-hydrogen) atoms. The van der Waals surface area contributed by atoms with Crippen molar-refractivity contribution in [3.8, 4) is 5.75 Å². The van der Waals surface area contributed by atoms with Crippen molar-refractivity contribution in [1.82, 2.24) is 5.32 Å². The Morgan fingerprint density at radius 1 is 1.43 bits per heavy atom. The van der Waals surface area contributed by atoms with Gasteiger partial charge in [-0.05, 0) is 62.9 Å². The molecular formula is C17H27NO3. The van der Waals surface area contributed by atoms with Crippen molar-refractivity contribution >= 4 is 5.97 Å². The molecule has 0 radical (unpaired) electrons. The first-order valence-corrected chi connectivity index (χ1v) is 7.46. The lowest BCUT2D eigenvalue weighted by molar-refractivity contribution is -0.144. The Morgan fingerprint density at radius 2 is 2.10 bits per heavy atom. The normalized spacial score (nSPS) is 14.0. The van der Waals surface area contributed by atoms with Crippen LogP contribution in [0.1, 0.15) is 50.7 Å². The van der Waals surface area contributed by atoms with Gasteiger partial charge in [0.05, 0.1) is 6.61 Å². The lowest BCUT2D eigenvalue weighted by Crippen LogP contribution is -2.47. The zero-order chi connectivity index (χ0) is 16.0. The number of carbonyl (C=O) groups is 1. The maximum absolute atomic E-state index is 11.2. The number of nitrogens with one attached hydrogen (secondary N) is 1. The molecule has 0 heterocycles. The predicted molar refractivity (Wildman–Crippen MR) is 85.1 cm³/mol. The van der Waals surface area contributed by atoms with Crippen LogP contribution in [0, 0.1) is 6.92 Å². The van der Waals surface area contributed by atoms with Gasteiger partial charge in [-0.25, -0.2) is 0 Å². The third kappa shape index (κ3) is 4.74. The van der Waals surface area contributed by atoms with Gasteiger partial charge in [0, 0.05) is 0 Å². The van der Waals surface area contributed by atoms with Crippen LogP contribution in [-0.2, 0) is 4.79 Å². The predicted octanol–water partition coefficient (Wildman–Crippen LogP) is 3.34. The Morgan fingerprint density at radius 3 is 2.57 bits per heavy atom. The zero-order valence-electron chi connectivity index (χ0n) is 13.7. The Labute approximate surface area is 127 Å². The quantitative estimate of drug-likeness (QED) is 0.722. The van der Waals surface area contributed by atoms with Crippen molar-refractivity contribution in [3.05, 3.63) is 29.3 Å². The molecule has 2 N–H and O–H groups in total. The van der Waals surface area contributed by atoms with E-state index in [1.54, 1.807) is 14.0 Å². The molecular weight excluding hydrogens is 266 g/mol. The van der Waals surface area contributed by atoms with E-state index < -0.39 is 11.5 Å². The van der Waals surface area contributed by atoms with E-state index >= 15 is 0 Å². The van der Waals surface area contributed by atoms with E-state index in [0.29, 0.717) is 25.4 Å². The monoisotopic (exact) mass is 293 g/mol. The molecule has 0 fully saturated rings. The number of hydrogen-bond donors (Lipinski definition) is 2. The highest BCUT2D eigenvalue weighted by atomic mass is 16.5. The Balaban J connectivity index is 2.50. The van der Waals surface area contributed by atoms with Gasteiger partial charge in [-0.1, -0.05) is 19.9 Å². The summed E-state index contributed by atoms with van der Waals surface area (Å²) in [6, 6.07) is 6.13. The number of aliphatic carboxylic acids is 1. The highest BCUT2D eigenvalue weighted by Gasteiger charge is 2.30. The Hall–Kier alpha value is -1.55. The van der Waals surface area contributed by atoms with Crippen LogP contribution in [0.3, 0.4) is 0 Å². The molecule has 4 heteroatoms. The number of carboxylic acids is 1. The van der Waals surface area contributed by atoms with Gasteiger partial charge in [-0.2, -0.15) is 0 Å². The fourth-order valence-corrected chi connectivity index (χ4v) is 2.34. The van der Waals surface area contributed by atoms with Gasteiger partial charge in [0.25, 0.3) is 0 Å². The molecule has 1 unspecified atom stereocenters. The van der Waals surface area contributed by atoms with E-state index in [2.05, 4.69) is 32.2 Å². The van der Waals surface area contributed by atoms with E-state index in [9.17, 15) is 4.79 Å². The highest BCUT2D eigenvalue weighted by Crippen LogP contribution is 2.23. The summed E-state index contributed by atoms with van der Waals surface area (Å²) >= 11 is 0. The highest BCUT2D eigenvalue weighted by molar-refractivity contribution is 5.78. The molecule has 1 rings (SSSR count). The maximum atomic E-state index is 11.2. The zero-order valence-corrected chi connectivity index (χ0v) is 13.7. The van der Waals surface area contributed by atoms with Gasteiger partial charge < -0.3 is 15.2 Å². The van der Waals surface area contributed by atoms with Crippen LogP contribution in [0.15, 0.2) is 18.2 Å². The molecule has 1 atom stereocenters. The molecule has 0 aliphatic heterocycles. The summed E-state index contributed by atoms with van der Waals surface area (Å²) in [5, 5.41) is 12.0. The molecule has 0 aliphatic carbocycles. The molecule has 118 valence electrons.